The third kappa shape index (κ3) is 2.76. The lowest BCUT2D eigenvalue weighted by molar-refractivity contribution is 0.0697. The van der Waals surface area contributed by atoms with Gasteiger partial charge in [0.15, 0.2) is 0 Å². The zero-order chi connectivity index (χ0) is 13.1. The van der Waals surface area contributed by atoms with E-state index >= 15 is 0 Å². The Morgan fingerprint density at radius 2 is 2.22 bits per heavy atom. The Bertz CT molecular complexity index is 450. The first-order valence-electron chi connectivity index (χ1n) is 6.02. The van der Waals surface area contributed by atoms with Gasteiger partial charge < -0.3 is 15.5 Å². The van der Waals surface area contributed by atoms with Crippen LogP contribution in [0.3, 0.4) is 0 Å². The Morgan fingerprint density at radius 1 is 1.44 bits per heavy atom. The van der Waals surface area contributed by atoms with Gasteiger partial charge in [-0.3, -0.25) is 0 Å². The number of carbonyl (C=O) groups is 1. The van der Waals surface area contributed by atoms with Crippen LogP contribution in [0.4, 0.5) is 5.69 Å². The van der Waals surface area contributed by atoms with Gasteiger partial charge in [-0.25, -0.2) is 4.79 Å². The molecule has 1 fully saturated rings. The number of halogens is 1. The van der Waals surface area contributed by atoms with Crippen molar-refractivity contribution in [3.05, 3.63) is 28.8 Å². The van der Waals surface area contributed by atoms with E-state index in [0.29, 0.717) is 5.02 Å². The van der Waals surface area contributed by atoms with Crippen molar-refractivity contribution in [1.29, 1.82) is 0 Å². The number of aromatic carboxylic acids is 1. The highest BCUT2D eigenvalue weighted by Crippen LogP contribution is 2.31. The SMILES string of the molecule is O=C(O)c1ccc(NC2CCCC2CO)c(Cl)c1. The van der Waals surface area contributed by atoms with Crippen molar-refractivity contribution < 1.29 is 15.0 Å². The monoisotopic (exact) mass is 269 g/mol. The summed E-state index contributed by atoms with van der Waals surface area (Å²) < 4.78 is 0. The number of aliphatic hydroxyl groups is 1. The Labute approximate surface area is 111 Å². The van der Waals surface area contributed by atoms with Crippen LogP contribution in [0.15, 0.2) is 18.2 Å². The number of hydrogen-bond donors (Lipinski definition) is 3. The van der Waals surface area contributed by atoms with E-state index in [9.17, 15) is 9.90 Å². The number of carboxylic acids is 1. The first-order chi connectivity index (χ1) is 8.61. The molecule has 0 bridgehead atoms. The smallest absolute Gasteiger partial charge is 0.335 e. The van der Waals surface area contributed by atoms with Crippen LogP contribution in [0.5, 0.6) is 0 Å². The minimum Gasteiger partial charge on any atom is -0.478 e. The average molecular weight is 270 g/mol. The molecule has 4 nitrogen and oxygen atoms in total. The van der Waals surface area contributed by atoms with Crippen LogP contribution in [0, 0.1) is 5.92 Å². The van der Waals surface area contributed by atoms with Crippen molar-refractivity contribution in [2.45, 2.75) is 25.3 Å². The molecule has 0 aromatic heterocycles. The maximum absolute atomic E-state index is 10.8. The Morgan fingerprint density at radius 3 is 2.83 bits per heavy atom. The second-order valence-electron chi connectivity index (χ2n) is 4.62. The lowest BCUT2D eigenvalue weighted by Crippen LogP contribution is -2.26. The fraction of sp³-hybridized carbons (Fsp3) is 0.462. The number of nitrogens with one attached hydrogen (secondary N) is 1. The lowest BCUT2D eigenvalue weighted by atomic mass is 10.0. The van der Waals surface area contributed by atoms with Crippen LogP contribution >= 0.6 is 11.6 Å². The molecule has 0 spiro atoms. The number of hydrogen-bond acceptors (Lipinski definition) is 3. The van der Waals surface area contributed by atoms with Crippen LogP contribution in [0.2, 0.25) is 5.02 Å². The lowest BCUT2D eigenvalue weighted by Gasteiger charge is -2.21. The summed E-state index contributed by atoms with van der Waals surface area (Å²) in [6.45, 7) is 0.169. The third-order valence-electron chi connectivity index (χ3n) is 3.45. The van der Waals surface area contributed by atoms with E-state index in [1.165, 1.54) is 12.1 Å². The minimum absolute atomic E-state index is 0.169. The molecule has 1 aliphatic rings. The molecular weight excluding hydrogens is 254 g/mol. The van der Waals surface area contributed by atoms with Crippen LogP contribution in [0.25, 0.3) is 0 Å². The maximum atomic E-state index is 10.8. The summed E-state index contributed by atoms with van der Waals surface area (Å²) in [6, 6.07) is 4.86. The van der Waals surface area contributed by atoms with E-state index in [0.717, 1.165) is 24.9 Å². The van der Waals surface area contributed by atoms with Gasteiger partial charge in [-0.05, 0) is 31.0 Å². The molecule has 0 heterocycles. The van der Waals surface area contributed by atoms with Gasteiger partial charge in [0.05, 0.1) is 16.3 Å². The molecule has 2 atom stereocenters. The predicted molar refractivity (Wildman–Crippen MR) is 70.2 cm³/mol. The zero-order valence-electron chi connectivity index (χ0n) is 9.90. The van der Waals surface area contributed by atoms with Crippen molar-refractivity contribution in [2.24, 2.45) is 5.92 Å². The van der Waals surface area contributed by atoms with Gasteiger partial charge in [0, 0.05) is 18.6 Å². The quantitative estimate of drug-likeness (QED) is 0.786. The van der Waals surface area contributed by atoms with Crippen molar-refractivity contribution >= 4 is 23.3 Å². The Kier molecular flexibility index (Phi) is 4.09. The number of rotatable bonds is 4. The topological polar surface area (TPSA) is 69.6 Å². The molecule has 98 valence electrons. The maximum Gasteiger partial charge on any atom is 0.335 e. The molecule has 18 heavy (non-hydrogen) atoms. The Hall–Kier alpha value is -1.26. The van der Waals surface area contributed by atoms with E-state index in [-0.39, 0.29) is 24.1 Å². The molecule has 0 aliphatic heterocycles. The highest BCUT2D eigenvalue weighted by Gasteiger charge is 2.26. The van der Waals surface area contributed by atoms with E-state index in [1.54, 1.807) is 6.07 Å². The largest absolute Gasteiger partial charge is 0.478 e. The predicted octanol–water partition coefficient (Wildman–Crippen LogP) is 2.61. The molecule has 2 unspecified atom stereocenters. The molecule has 0 amide bonds. The van der Waals surface area contributed by atoms with Gasteiger partial charge in [0.2, 0.25) is 0 Å². The van der Waals surface area contributed by atoms with Crippen molar-refractivity contribution in [3.8, 4) is 0 Å². The first kappa shape index (κ1) is 13.2. The zero-order valence-corrected chi connectivity index (χ0v) is 10.7. The molecule has 0 saturated heterocycles. The van der Waals surface area contributed by atoms with Gasteiger partial charge in [0.1, 0.15) is 0 Å². The summed E-state index contributed by atoms with van der Waals surface area (Å²) in [4.78, 5) is 10.8. The second kappa shape index (κ2) is 5.59. The third-order valence-corrected chi connectivity index (χ3v) is 3.76. The fourth-order valence-electron chi connectivity index (χ4n) is 2.41. The number of aliphatic hydroxyl groups excluding tert-OH is 1. The molecular formula is C13H16ClNO3. The summed E-state index contributed by atoms with van der Waals surface area (Å²) in [6.07, 6.45) is 3.11. The van der Waals surface area contributed by atoms with Crippen LogP contribution in [-0.2, 0) is 0 Å². The molecule has 1 aliphatic carbocycles. The standard InChI is InChI=1S/C13H16ClNO3/c14-10-6-8(13(17)18)4-5-12(10)15-11-3-1-2-9(11)7-16/h4-6,9,11,15-16H,1-3,7H2,(H,17,18). The second-order valence-corrected chi connectivity index (χ2v) is 5.03. The summed E-state index contributed by atoms with van der Waals surface area (Å²) >= 11 is 6.05. The van der Waals surface area contributed by atoms with Crippen LogP contribution in [0.1, 0.15) is 29.6 Å². The normalized spacial score (nSPS) is 23.0. The molecule has 1 saturated carbocycles. The van der Waals surface area contributed by atoms with Crippen molar-refractivity contribution in [3.63, 3.8) is 0 Å². The summed E-state index contributed by atoms with van der Waals surface area (Å²) in [5.74, 6) is -0.738. The summed E-state index contributed by atoms with van der Waals surface area (Å²) in [7, 11) is 0. The Balaban J connectivity index is 2.12. The molecule has 1 aromatic carbocycles. The van der Waals surface area contributed by atoms with Crippen LogP contribution < -0.4 is 5.32 Å². The summed E-state index contributed by atoms with van der Waals surface area (Å²) in [5, 5.41) is 21.8. The number of benzene rings is 1. The molecule has 3 N–H and O–H groups in total. The molecule has 0 radical (unpaired) electrons. The van der Waals surface area contributed by atoms with Gasteiger partial charge in [-0.15, -0.1) is 0 Å². The highest BCUT2D eigenvalue weighted by atomic mass is 35.5. The highest BCUT2D eigenvalue weighted by molar-refractivity contribution is 6.33. The van der Waals surface area contributed by atoms with Crippen molar-refractivity contribution in [1.82, 2.24) is 0 Å². The molecule has 2 rings (SSSR count). The van der Waals surface area contributed by atoms with E-state index < -0.39 is 5.97 Å². The summed E-state index contributed by atoms with van der Waals surface area (Å²) in [5.41, 5.74) is 0.905. The van der Waals surface area contributed by atoms with E-state index in [2.05, 4.69) is 5.32 Å². The van der Waals surface area contributed by atoms with Gasteiger partial charge in [-0.2, -0.15) is 0 Å². The molecule has 1 aromatic rings. The number of anilines is 1. The molecule has 5 heteroatoms. The average Bonchev–Trinajstić information content (AvgIpc) is 2.78. The van der Waals surface area contributed by atoms with Crippen molar-refractivity contribution in [2.75, 3.05) is 11.9 Å². The van der Waals surface area contributed by atoms with E-state index in [4.69, 9.17) is 16.7 Å². The van der Waals surface area contributed by atoms with E-state index in [1.807, 2.05) is 0 Å². The first-order valence-corrected chi connectivity index (χ1v) is 6.40. The minimum atomic E-state index is -0.988. The van der Waals surface area contributed by atoms with Gasteiger partial charge in [-0.1, -0.05) is 18.0 Å². The van der Waals surface area contributed by atoms with Crippen LogP contribution in [-0.4, -0.2) is 28.8 Å². The fourth-order valence-corrected chi connectivity index (χ4v) is 2.65. The number of carboxylic acid groups (broad SMARTS) is 1. The van der Waals surface area contributed by atoms with Gasteiger partial charge >= 0.3 is 5.97 Å². The van der Waals surface area contributed by atoms with Gasteiger partial charge in [0.25, 0.3) is 0 Å².